The van der Waals surface area contributed by atoms with Crippen LogP contribution >= 0.6 is 0 Å². The first-order valence-corrected chi connectivity index (χ1v) is 6.73. The van der Waals surface area contributed by atoms with Crippen molar-refractivity contribution >= 4 is 0 Å². The second-order valence-electron chi connectivity index (χ2n) is 5.85. The molecule has 1 fully saturated rings. The second kappa shape index (κ2) is 6.02. The van der Waals surface area contributed by atoms with E-state index in [-0.39, 0.29) is 11.7 Å². The highest BCUT2D eigenvalue weighted by Gasteiger charge is 2.33. The van der Waals surface area contributed by atoms with Crippen LogP contribution in [-0.2, 0) is 4.74 Å². The predicted octanol–water partition coefficient (Wildman–Crippen LogP) is 3.38. The number of hydrogen-bond donors (Lipinski definition) is 1. The molecule has 0 bridgehead atoms. The molecule has 0 heterocycles. The van der Waals surface area contributed by atoms with Gasteiger partial charge in [-0.1, -0.05) is 32.6 Å². The zero-order valence-corrected chi connectivity index (χ0v) is 11.3. The molecule has 0 aromatic carbocycles. The third-order valence-electron chi connectivity index (χ3n) is 4.24. The number of aliphatic hydroxyl groups is 1. The van der Waals surface area contributed by atoms with Crippen LogP contribution in [0.4, 0.5) is 0 Å². The summed E-state index contributed by atoms with van der Waals surface area (Å²) < 4.78 is 5.41. The number of aliphatic hydroxyl groups excluding tert-OH is 1. The standard InChI is InChI=1S/C14H28O2/c1-5-11-8-6-7-9-12(11)13(15)10-14(2,3)16-4/h11-13,15H,5-10H2,1-4H3. The molecule has 0 aliphatic heterocycles. The predicted molar refractivity (Wildman–Crippen MR) is 67.5 cm³/mol. The van der Waals surface area contributed by atoms with Crippen molar-refractivity contribution in [2.24, 2.45) is 11.8 Å². The smallest absolute Gasteiger partial charge is 0.0647 e. The van der Waals surface area contributed by atoms with E-state index in [9.17, 15) is 5.11 Å². The van der Waals surface area contributed by atoms with Crippen molar-refractivity contribution in [1.82, 2.24) is 0 Å². The van der Waals surface area contributed by atoms with E-state index in [2.05, 4.69) is 20.8 Å². The molecule has 1 aliphatic carbocycles. The average molecular weight is 228 g/mol. The van der Waals surface area contributed by atoms with E-state index < -0.39 is 0 Å². The quantitative estimate of drug-likeness (QED) is 0.781. The Bertz CT molecular complexity index is 201. The summed E-state index contributed by atoms with van der Waals surface area (Å²) in [5.74, 6) is 1.21. The van der Waals surface area contributed by atoms with E-state index in [1.165, 1.54) is 32.1 Å². The lowest BCUT2D eigenvalue weighted by Crippen LogP contribution is -2.37. The molecule has 96 valence electrons. The van der Waals surface area contributed by atoms with Crippen molar-refractivity contribution in [1.29, 1.82) is 0 Å². The minimum absolute atomic E-state index is 0.194. The largest absolute Gasteiger partial charge is 0.393 e. The molecule has 0 amide bonds. The van der Waals surface area contributed by atoms with E-state index in [1.54, 1.807) is 7.11 Å². The summed E-state index contributed by atoms with van der Waals surface area (Å²) in [6.07, 6.45) is 6.88. The van der Waals surface area contributed by atoms with Gasteiger partial charge in [0.1, 0.15) is 0 Å². The van der Waals surface area contributed by atoms with Gasteiger partial charge in [-0.2, -0.15) is 0 Å². The first-order chi connectivity index (χ1) is 7.50. The zero-order valence-electron chi connectivity index (χ0n) is 11.3. The molecule has 0 spiro atoms. The molecular formula is C14H28O2. The van der Waals surface area contributed by atoms with Crippen LogP contribution in [-0.4, -0.2) is 23.9 Å². The summed E-state index contributed by atoms with van der Waals surface area (Å²) in [7, 11) is 1.73. The zero-order chi connectivity index (χ0) is 12.2. The van der Waals surface area contributed by atoms with E-state index in [1.807, 2.05) is 0 Å². The second-order valence-corrected chi connectivity index (χ2v) is 5.85. The lowest BCUT2D eigenvalue weighted by Gasteiger charge is -2.37. The van der Waals surface area contributed by atoms with Gasteiger partial charge in [0.05, 0.1) is 11.7 Å². The fourth-order valence-electron chi connectivity index (χ4n) is 2.99. The molecule has 0 saturated heterocycles. The van der Waals surface area contributed by atoms with E-state index in [4.69, 9.17) is 4.74 Å². The van der Waals surface area contributed by atoms with Crippen molar-refractivity contribution in [2.45, 2.75) is 71.0 Å². The van der Waals surface area contributed by atoms with Crippen molar-refractivity contribution < 1.29 is 9.84 Å². The summed E-state index contributed by atoms with van der Waals surface area (Å²) in [5, 5.41) is 10.4. The minimum atomic E-state index is -0.199. The molecule has 2 heteroatoms. The van der Waals surface area contributed by atoms with Gasteiger partial charge in [0.25, 0.3) is 0 Å². The Morgan fingerprint density at radius 1 is 1.31 bits per heavy atom. The maximum Gasteiger partial charge on any atom is 0.0647 e. The lowest BCUT2D eigenvalue weighted by molar-refractivity contribution is -0.0491. The van der Waals surface area contributed by atoms with Gasteiger partial charge < -0.3 is 9.84 Å². The normalized spacial score (nSPS) is 29.1. The van der Waals surface area contributed by atoms with Crippen LogP contribution in [0.3, 0.4) is 0 Å². The topological polar surface area (TPSA) is 29.5 Å². The van der Waals surface area contributed by atoms with E-state index >= 15 is 0 Å². The first-order valence-electron chi connectivity index (χ1n) is 6.73. The fourth-order valence-corrected chi connectivity index (χ4v) is 2.99. The van der Waals surface area contributed by atoms with Crippen LogP contribution in [0.15, 0.2) is 0 Å². The Balaban J connectivity index is 2.53. The van der Waals surface area contributed by atoms with Gasteiger partial charge in [0.2, 0.25) is 0 Å². The molecule has 0 aromatic rings. The van der Waals surface area contributed by atoms with Gasteiger partial charge in [-0.15, -0.1) is 0 Å². The number of rotatable bonds is 5. The van der Waals surface area contributed by atoms with Crippen molar-refractivity contribution in [3.63, 3.8) is 0 Å². The van der Waals surface area contributed by atoms with Crippen molar-refractivity contribution in [2.75, 3.05) is 7.11 Å². The molecular weight excluding hydrogens is 200 g/mol. The van der Waals surface area contributed by atoms with Gasteiger partial charge in [-0.3, -0.25) is 0 Å². The fraction of sp³-hybridized carbons (Fsp3) is 1.00. The van der Waals surface area contributed by atoms with E-state index in [0.717, 1.165) is 12.3 Å². The molecule has 0 radical (unpaired) electrons. The Hall–Kier alpha value is -0.0800. The van der Waals surface area contributed by atoms with Crippen LogP contribution in [0.1, 0.15) is 59.3 Å². The molecule has 3 atom stereocenters. The first kappa shape index (κ1) is 14.0. The van der Waals surface area contributed by atoms with Crippen LogP contribution in [0.2, 0.25) is 0 Å². The summed E-state index contributed by atoms with van der Waals surface area (Å²) in [5.41, 5.74) is -0.199. The summed E-state index contributed by atoms with van der Waals surface area (Å²) in [6, 6.07) is 0. The monoisotopic (exact) mass is 228 g/mol. The maximum absolute atomic E-state index is 10.4. The van der Waals surface area contributed by atoms with Crippen LogP contribution in [0.5, 0.6) is 0 Å². The van der Waals surface area contributed by atoms with Crippen LogP contribution in [0.25, 0.3) is 0 Å². The number of methoxy groups -OCH3 is 1. The van der Waals surface area contributed by atoms with Gasteiger partial charge in [0.15, 0.2) is 0 Å². The van der Waals surface area contributed by atoms with Gasteiger partial charge in [0, 0.05) is 13.5 Å². The Morgan fingerprint density at radius 2 is 1.94 bits per heavy atom. The Labute approximate surface area is 100 Å². The highest BCUT2D eigenvalue weighted by atomic mass is 16.5. The van der Waals surface area contributed by atoms with E-state index in [0.29, 0.717) is 5.92 Å². The van der Waals surface area contributed by atoms with Crippen molar-refractivity contribution in [3.05, 3.63) is 0 Å². The molecule has 1 saturated carbocycles. The maximum atomic E-state index is 10.4. The van der Waals surface area contributed by atoms with Gasteiger partial charge in [-0.05, 0) is 32.1 Å². The molecule has 0 aromatic heterocycles. The molecule has 2 nitrogen and oxygen atoms in total. The highest BCUT2D eigenvalue weighted by Crippen LogP contribution is 2.36. The summed E-state index contributed by atoms with van der Waals surface area (Å²) in [4.78, 5) is 0. The minimum Gasteiger partial charge on any atom is -0.393 e. The van der Waals surface area contributed by atoms with Crippen LogP contribution < -0.4 is 0 Å². The summed E-state index contributed by atoms with van der Waals surface area (Å²) in [6.45, 7) is 6.36. The van der Waals surface area contributed by atoms with Gasteiger partial charge >= 0.3 is 0 Å². The molecule has 1 rings (SSSR count). The number of hydrogen-bond acceptors (Lipinski definition) is 2. The third kappa shape index (κ3) is 3.74. The molecule has 1 aliphatic rings. The summed E-state index contributed by atoms with van der Waals surface area (Å²) >= 11 is 0. The molecule has 16 heavy (non-hydrogen) atoms. The van der Waals surface area contributed by atoms with Gasteiger partial charge in [-0.25, -0.2) is 0 Å². The molecule has 3 unspecified atom stereocenters. The Morgan fingerprint density at radius 3 is 2.50 bits per heavy atom. The molecule has 1 N–H and O–H groups in total. The highest BCUT2D eigenvalue weighted by molar-refractivity contribution is 4.84. The lowest BCUT2D eigenvalue weighted by atomic mass is 9.73. The van der Waals surface area contributed by atoms with Crippen molar-refractivity contribution in [3.8, 4) is 0 Å². The Kier molecular flexibility index (Phi) is 5.26. The van der Waals surface area contributed by atoms with Crippen LogP contribution in [0, 0.1) is 11.8 Å². The number of ether oxygens (including phenoxy) is 1. The third-order valence-corrected chi connectivity index (χ3v) is 4.24. The average Bonchev–Trinajstić information content (AvgIpc) is 2.28. The SMILES string of the molecule is CCC1CCCCC1C(O)CC(C)(C)OC.